The fourth-order valence-corrected chi connectivity index (χ4v) is 2.84. The van der Waals surface area contributed by atoms with Crippen molar-refractivity contribution in [2.24, 2.45) is 11.8 Å². The summed E-state index contributed by atoms with van der Waals surface area (Å²) in [5.74, 6) is 1.02. The number of allylic oxidation sites excluding steroid dienone is 2. The van der Waals surface area contributed by atoms with Crippen molar-refractivity contribution in [1.29, 1.82) is 0 Å². The highest BCUT2D eigenvalue weighted by molar-refractivity contribution is 5.92. The largest absolute Gasteiger partial charge is 0.0622 e. The van der Waals surface area contributed by atoms with Crippen LogP contribution in [0.2, 0.25) is 0 Å². The normalized spacial score (nSPS) is 12.7. The molecule has 0 saturated heterocycles. The van der Waals surface area contributed by atoms with Crippen LogP contribution in [0.25, 0.3) is 11.1 Å². The highest BCUT2D eigenvalue weighted by atomic mass is 14.2. The standard InChI is InChI=1S/C20H24/c1-15(2)19(17-11-7-5-8-12-17)20(16(3)4)18-13-9-6-10-14-18/h5-16H,1-4H3/b20-19+. The second kappa shape index (κ2) is 6.56. The lowest BCUT2D eigenvalue weighted by Gasteiger charge is -2.22. The quantitative estimate of drug-likeness (QED) is 0.602. The van der Waals surface area contributed by atoms with Gasteiger partial charge in [-0.2, -0.15) is 0 Å². The minimum Gasteiger partial charge on any atom is -0.0622 e. The van der Waals surface area contributed by atoms with E-state index in [1.165, 1.54) is 22.3 Å². The molecule has 0 fully saturated rings. The Morgan fingerprint density at radius 3 is 1.10 bits per heavy atom. The number of rotatable bonds is 4. The van der Waals surface area contributed by atoms with Crippen LogP contribution in [0, 0.1) is 11.8 Å². The van der Waals surface area contributed by atoms with Gasteiger partial charge >= 0.3 is 0 Å². The molecule has 0 aliphatic heterocycles. The summed E-state index contributed by atoms with van der Waals surface area (Å²) < 4.78 is 0. The van der Waals surface area contributed by atoms with Gasteiger partial charge in [0.15, 0.2) is 0 Å². The molecule has 0 nitrogen and oxygen atoms in total. The first-order valence-corrected chi connectivity index (χ1v) is 7.46. The summed E-state index contributed by atoms with van der Waals surface area (Å²) in [5, 5.41) is 0. The van der Waals surface area contributed by atoms with Crippen molar-refractivity contribution in [3.63, 3.8) is 0 Å². The summed E-state index contributed by atoms with van der Waals surface area (Å²) in [6, 6.07) is 21.6. The van der Waals surface area contributed by atoms with E-state index in [0.717, 1.165) is 0 Å². The Morgan fingerprint density at radius 1 is 0.550 bits per heavy atom. The molecule has 0 saturated carbocycles. The monoisotopic (exact) mass is 264 g/mol. The van der Waals surface area contributed by atoms with E-state index in [2.05, 4.69) is 88.4 Å². The van der Waals surface area contributed by atoms with Crippen LogP contribution in [0.5, 0.6) is 0 Å². The zero-order valence-electron chi connectivity index (χ0n) is 12.9. The predicted octanol–water partition coefficient (Wildman–Crippen LogP) is 5.91. The first-order valence-electron chi connectivity index (χ1n) is 7.46. The van der Waals surface area contributed by atoms with Gasteiger partial charge in [0, 0.05) is 0 Å². The van der Waals surface area contributed by atoms with Gasteiger partial charge in [-0.15, -0.1) is 0 Å². The minimum atomic E-state index is 0.509. The van der Waals surface area contributed by atoms with Crippen molar-refractivity contribution in [3.8, 4) is 0 Å². The van der Waals surface area contributed by atoms with E-state index >= 15 is 0 Å². The van der Waals surface area contributed by atoms with E-state index in [9.17, 15) is 0 Å². The Morgan fingerprint density at radius 2 is 0.850 bits per heavy atom. The topological polar surface area (TPSA) is 0 Å². The molecule has 0 spiro atoms. The average molecular weight is 264 g/mol. The van der Waals surface area contributed by atoms with Gasteiger partial charge in [-0.25, -0.2) is 0 Å². The first-order chi connectivity index (χ1) is 9.61. The number of hydrogen-bond donors (Lipinski definition) is 0. The van der Waals surface area contributed by atoms with Crippen LogP contribution >= 0.6 is 0 Å². The van der Waals surface area contributed by atoms with Crippen LogP contribution in [0.15, 0.2) is 60.7 Å². The summed E-state index contributed by atoms with van der Waals surface area (Å²) in [4.78, 5) is 0. The third-order valence-corrected chi connectivity index (χ3v) is 3.61. The van der Waals surface area contributed by atoms with Crippen molar-refractivity contribution in [2.45, 2.75) is 27.7 Å². The molecule has 104 valence electrons. The van der Waals surface area contributed by atoms with Crippen LogP contribution in [0.3, 0.4) is 0 Å². The predicted molar refractivity (Wildman–Crippen MR) is 89.4 cm³/mol. The molecule has 0 bridgehead atoms. The van der Waals surface area contributed by atoms with Gasteiger partial charge in [-0.05, 0) is 34.1 Å². The number of benzene rings is 2. The van der Waals surface area contributed by atoms with Crippen molar-refractivity contribution in [1.82, 2.24) is 0 Å². The Bertz CT molecular complexity index is 506. The minimum absolute atomic E-state index is 0.509. The molecule has 0 aromatic heterocycles. The highest BCUT2D eigenvalue weighted by Crippen LogP contribution is 2.36. The van der Waals surface area contributed by atoms with E-state index in [0.29, 0.717) is 11.8 Å². The van der Waals surface area contributed by atoms with Gasteiger partial charge in [0.25, 0.3) is 0 Å². The Balaban J connectivity index is 2.67. The molecule has 0 heterocycles. The van der Waals surface area contributed by atoms with Gasteiger partial charge in [0.2, 0.25) is 0 Å². The summed E-state index contributed by atoms with van der Waals surface area (Å²) >= 11 is 0. The van der Waals surface area contributed by atoms with E-state index < -0.39 is 0 Å². The zero-order chi connectivity index (χ0) is 14.5. The molecular weight excluding hydrogens is 240 g/mol. The Kier molecular flexibility index (Phi) is 4.79. The fraction of sp³-hybridized carbons (Fsp3) is 0.300. The molecule has 0 aliphatic carbocycles. The zero-order valence-corrected chi connectivity index (χ0v) is 12.9. The first kappa shape index (κ1) is 14.6. The van der Waals surface area contributed by atoms with Gasteiger partial charge in [0.1, 0.15) is 0 Å². The summed E-state index contributed by atoms with van der Waals surface area (Å²) in [6.45, 7) is 9.14. The molecule has 0 atom stereocenters. The molecule has 2 aromatic carbocycles. The molecule has 0 N–H and O–H groups in total. The molecule has 0 aliphatic rings. The maximum atomic E-state index is 2.29. The second-order valence-corrected chi connectivity index (χ2v) is 5.87. The van der Waals surface area contributed by atoms with Gasteiger partial charge in [-0.3, -0.25) is 0 Å². The lowest BCUT2D eigenvalue weighted by molar-refractivity contribution is 0.815. The molecule has 0 amide bonds. The SMILES string of the molecule is CC(C)/C(=C(\c1ccccc1)C(C)C)c1ccccc1. The van der Waals surface area contributed by atoms with Gasteiger partial charge < -0.3 is 0 Å². The van der Waals surface area contributed by atoms with Crippen LogP contribution in [0.1, 0.15) is 38.8 Å². The maximum Gasteiger partial charge on any atom is -0.0210 e. The summed E-state index contributed by atoms with van der Waals surface area (Å²) in [7, 11) is 0. The second-order valence-electron chi connectivity index (χ2n) is 5.87. The summed E-state index contributed by atoms with van der Waals surface area (Å²) in [6.07, 6.45) is 0. The van der Waals surface area contributed by atoms with Crippen LogP contribution in [0.4, 0.5) is 0 Å². The smallest absolute Gasteiger partial charge is 0.0210 e. The number of hydrogen-bond acceptors (Lipinski definition) is 0. The molecule has 0 radical (unpaired) electrons. The Hall–Kier alpha value is -1.82. The van der Waals surface area contributed by atoms with Crippen LogP contribution in [-0.4, -0.2) is 0 Å². The van der Waals surface area contributed by atoms with Crippen LogP contribution in [-0.2, 0) is 0 Å². The van der Waals surface area contributed by atoms with Crippen molar-refractivity contribution in [2.75, 3.05) is 0 Å². The van der Waals surface area contributed by atoms with Gasteiger partial charge in [-0.1, -0.05) is 88.4 Å². The average Bonchev–Trinajstić information content (AvgIpc) is 2.45. The molecule has 2 rings (SSSR count). The third kappa shape index (κ3) is 3.19. The fourth-order valence-electron chi connectivity index (χ4n) is 2.84. The van der Waals surface area contributed by atoms with Crippen molar-refractivity contribution < 1.29 is 0 Å². The van der Waals surface area contributed by atoms with Crippen LogP contribution < -0.4 is 0 Å². The molecular formula is C20H24. The van der Waals surface area contributed by atoms with Crippen molar-refractivity contribution >= 4 is 11.1 Å². The van der Waals surface area contributed by atoms with Gasteiger partial charge in [0.05, 0.1) is 0 Å². The molecule has 2 aromatic rings. The molecule has 0 heteroatoms. The maximum absolute atomic E-state index is 2.29. The lowest BCUT2D eigenvalue weighted by atomic mass is 9.82. The van der Waals surface area contributed by atoms with Crippen molar-refractivity contribution in [3.05, 3.63) is 71.8 Å². The molecule has 0 unspecified atom stereocenters. The van der Waals surface area contributed by atoms with E-state index in [1.807, 2.05) is 0 Å². The Labute approximate surface area is 123 Å². The third-order valence-electron chi connectivity index (χ3n) is 3.61. The van der Waals surface area contributed by atoms with E-state index in [1.54, 1.807) is 0 Å². The van der Waals surface area contributed by atoms with E-state index in [-0.39, 0.29) is 0 Å². The summed E-state index contributed by atoms with van der Waals surface area (Å²) in [5.41, 5.74) is 5.61. The van der Waals surface area contributed by atoms with E-state index in [4.69, 9.17) is 0 Å². The lowest BCUT2D eigenvalue weighted by Crippen LogP contribution is -2.04. The molecule has 20 heavy (non-hydrogen) atoms. The highest BCUT2D eigenvalue weighted by Gasteiger charge is 2.17.